The first kappa shape index (κ1) is 15.8. The molecular weight excluding hydrogens is 266 g/mol. The quantitative estimate of drug-likeness (QED) is 0.885. The molecule has 0 saturated carbocycles. The zero-order valence-electron chi connectivity index (χ0n) is 13.6. The van der Waals surface area contributed by atoms with Crippen LogP contribution in [0.4, 0.5) is 5.13 Å². The van der Waals surface area contributed by atoms with Gasteiger partial charge in [-0.25, -0.2) is 4.98 Å². The summed E-state index contributed by atoms with van der Waals surface area (Å²) >= 11 is 1.88. The van der Waals surface area contributed by atoms with Crippen molar-refractivity contribution in [3.8, 4) is 0 Å². The van der Waals surface area contributed by atoms with Crippen molar-refractivity contribution in [3.05, 3.63) is 10.6 Å². The Labute approximate surface area is 127 Å². The summed E-state index contributed by atoms with van der Waals surface area (Å²) < 4.78 is 0. The molecule has 2 rings (SSSR count). The van der Waals surface area contributed by atoms with Crippen molar-refractivity contribution in [1.29, 1.82) is 0 Å². The van der Waals surface area contributed by atoms with E-state index >= 15 is 0 Å². The first-order valence-corrected chi connectivity index (χ1v) is 8.70. The van der Waals surface area contributed by atoms with Crippen LogP contribution in [0.3, 0.4) is 0 Å². The highest BCUT2D eigenvalue weighted by atomic mass is 32.1. The van der Waals surface area contributed by atoms with Crippen molar-refractivity contribution < 1.29 is 0 Å². The van der Waals surface area contributed by atoms with Crippen LogP contribution in [0.1, 0.15) is 63.6 Å². The van der Waals surface area contributed by atoms with Crippen molar-refractivity contribution in [2.45, 2.75) is 59.9 Å². The average Bonchev–Trinajstić information content (AvgIpc) is 2.77. The standard InChI is InChI=1S/C16H29N3S/c1-6-9-17-12(2)14-13(3)18-15(20-14)19-10-7-8-16(4,5)11-19/h12,17H,6-11H2,1-5H3. The first-order chi connectivity index (χ1) is 9.43. The van der Waals surface area contributed by atoms with E-state index in [1.165, 1.54) is 35.0 Å². The Morgan fingerprint density at radius 2 is 2.20 bits per heavy atom. The smallest absolute Gasteiger partial charge is 0.185 e. The maximum atomic E-state index is 4.83. The van der Waals surface area contributed by atoms with E-state index in [0.717, 1.165) is 19.6 Å². The molecule has 1 aliphatic rings. The van der Waals surface area contributed by atoms with Crippen LogP contribution in [0.15, 0.2) is 0 Å². The molecule has 1 aliphatic heterocycles. The molecule has 0 aliphatic carbocycles. The van der Waals surface area contributed by atoms with Gasteiger partial charge >= 0.3 is 0 Å². The van der Waals surface area contributed by atoms with Crippen molar-refractivity contribution in [2.75, 3.05) is 24.5 Å². The van der Waals surface area contributed by atoms with Gasteiger partial charge < -0.3 is 10.2 Å². The fourth-order valence-corrected chi connectivity index (χ4v) is 4.09. The number of rotatable bonds is 5. The third-order valence-corrected chi connectivity index (χ3v) is 5.49. The third-order valence-electron chi connectivity index (χ3n) is 4.09. The van der Waals surface area contributed by atoms with Crippen LogP contribution >= 0.6 is 11.3 Å². The monoisotopic (exact) mass is 295 g/mol. The number of nitrogens with zero attached hydrogens (tertiary/aromatic N) is 2. The zero-order chi connectivity index (χ0) is 14.8. The summed E-state index contributed by atoms with van der Waals surface area (Å²) in [5.41, 5.74) is 1.62. The Hall–Kier alpha value is -0.610. The summed E-state index contributed by atoms with van der Waals surface area (Å²) in [5.74, 6) is 0. The van der Waals surface area contributed by atoms with Gasteiger partial charge in [0, 0.05) is 24.0 Å². The Balaban J connectivity index is 2.10. The van der Waals surface area contributed by atoms with Crippen molar-refractivity contribution in [3.63, 3.8) is 0 Å². The molecule has 4 heteroatoms. The highest BCUT2D eigenvalue weighted by molar-refractivity contribution is 7.15. The maximum Gasteiger partial charge on any atom is 0.185 e. The van der Waals surface area contributed by atoms with Gasteiger partial charge in [0.15, 0.2) is 5.13 Å². The minimum absolute atomic E-state index is 0.416. The summed E-state index contributed by atoms with van der Waals surface area (Å²) in [5, 5.41) is 4.79. The van der Waals surface area contributed by atoms with E-state index < -0.39 is 0 Å². The molecule has 0 spiro atoms. The van der Waals surface area contributed by atoms with Gasteiger partial charge in [-0.3, -0.25) is 0 Å². The Morgan fingerprint density at radius 3 is 2.85 bits per heavy atom. The van der Waals surface area contributed by atoms with Crippen LogP contribution in [0.25, 0.3) is 0 Å². The molecule has 1 aromatic heterocycles. The second kappa shape index (κ2) is 6.44. The zero-order valence-corrected chi connectivity index (χ0v) is 14.4. The Bertz CT molecular complexity index is 439. The Kier molecular flexibility index (Phi) is 5.08. The van der Waals surface area contributed by atoms with Crippen LogP contribution in [-0.2, 0) is 0 Å². The normalized spacial score (nSPS) is 20.1. The van der Waals surface area contributed by atoms with Gasteiger partial charge in [0.2, 0.25) is 0 Å². The molecule has 20 heavy (non-hydrogen) atoms. The average molecular weight is 295 g/mol. The van der Waals surface area contributed by atoms with E-state index in [-0.39, 0.29) is 0 Å². The number of aromatic nitrogens is 1. The fourth-order valence-electron chi connectivity index (χ4n) is 2.97. The number of hydrogen-bond acceptors (Lipinski definition) is 4. The summed E-state index contributed by atoms with van der Waals surface area (Å²) in [6.07, 6.45) is 3.79. The second-order valence-corrected chi connectivity index (χ2v) is 7.82. The lowest BCUT2D eigenvalue weighted by Crippen LogP contribution is -2.40. The van der Waals surface area contributed by atoms with E-state index in [1.807, 2.05) is 11.3 Å². The molecule has 2 heterocycles. The van der Waals surface area contributed by atoms with Crippen LogP contribution in [0, 0.1) is 12.3 Å². The lowest BCUT2D eigenvalue weighted by atomic mass is 9.84. The predicted octanol–water partition coefficient (Wildman–Crippen LogP) is 4.14. The molecule has 1 atom stereocenters. The lowest BCUT2D eigenvalue weighted by molar-refractivity contribution is 0.293. The molecule has 1 unspecified atom stereocenters. The summed E-state index contributed by atoms with van der Waals surface area (Å²) in [6.45, 7) is 14.7. The molecule has 114 valence electrons. The summed E-state index contributed by atoms with van der Waals surface area (Å²) in [7, 11) is 0. The van der Waals surface area contributed by atoms with E-state index in [9.17, 15) is 0 Å². The van der Waals surface area contributed by atoms with Crippen LogP contribution < -0.4 is 10.2 Å². The number of piperidine rings is 1. The van der Waals surface area contributed by atoms with Crippen LogP contribution in [0.2, 0.25) is 0 Å². The number of hydrogen-bond donors (Lipinski definition) is 1. The number of anilines is 1. The van der Waals surface area contributed by atoms with E-state index in [1.54, 1.807) is 0 Å². The van der Waals surface area contributed by atoms with E-state index in [2.05, 4.69) is 44.8 Å². The SMILES string of the molecule is CCCNC(C)c1sc(N2CCCC(C)(C)C2)nc1C. The minimum Gasteiger partial charge on any atom is -0.348 e. The van der Waals surface area contributed by atoms with Crippen LogP contribution in [0.5, 0.6) is 0 Å². The molecule has 0 aromatic carbocycles. The molecular formula is C16H29N3S. The number of thiazole rings is 1. The first-order valence-electron chi connectivity index (χ1n) is 7.88. The highest BCUT2D eigenvalue weighted by Gasteiger charge is 2.28. The van der Waals surface area contributed by atoms with Crippen LogP contribution in [-0.4, -0.2) is 24.6 Å². The van der Waals surface area contributed by atoms with Gasteiger partial charge in [-0.15, -0.1) is 11.3 Å². The molecule has 0 radical (unpaired) electrons. The van der Waals surface area contributed by atoms with Gasteiger partial charge in [0.25, 0.3) is 0 Å². The van der Waals surface area contributed by atoms with Crippen molar-refractivity contribution in [2.24, 2.45) is 5.41 Å². The van der Waals surface area contributed by atoms with Crippen molar-refractivity contribution in [1.82, 2.24) is 10.3 Å². The molecule has 0 amide bonds. The topological polar surface area (TPSA) is 28.2 Å². The second-order valence-electron chi connectivity index (χ2n) is 6.81. The largest absolute Gasteiger partial charge is 0.348 e. The molecule has 0 bridgehead atoms. The fraction of sp³-hybridized carbons (Fsp3) is 0.812. The molecule has 1 saturated heterocycles. The maximum absolute atomic E-state index is 4.83. The van der Waals surface area contributed by atoms with E-state index in [0.29, 0.717) is 11.5 Å². The van der Waals surface area contributed by atoms with E-state index in [4.69, 9.17) is 4.98 Å². The van der Waals surface area contributed by atoms with Gasteiger partial charge in [0.1, 0.15) is 0 Å². The molecule has 1 fully saturated rings. The Morgan fingerprint density at radius 1 is 1.45 bits per heavy atom. The molecule has 3 nitrogen and oxygen atoms in total. The van der Waals surface area contributed by atoms with Gasteiger partial charge in [-0.1, -0.05) is 20.8 Å². The van der Waals surface area contributed by atoms with Gasteiger partial charge in [-0.2, -0.15) is 0 Å². The van der Waals surface area contributed by atoms with Gasteiger partial charge in [-0.05, 0) is 45.1 Å². The number of aryl methyl sites for hydroxylation is 1. The summed E-state index contributed by atoms with van der Waals surface area (Å²) in [4.78, 5) is 8.72. The lowest BCUT2D eigenvalue weighted by Gasteiger charge is -2.37. The minimum atomic E-state index is 0.416. The van der Waals surface area contributed by atoms with Gasteiger partial charge in [0.05, 0.1) is 5.69 Å². The van der Waals surface area contributed by atoms with Crippen molar-refractivity contribution >= 4 is 16.5 Å². The third kappa shape index (κ3) is 3.73. The summed E-state index contributed by atoms with van der Waals surface area (Å²) in [6, 6.07) is 0.416. The number of nitrogens with one attached hydrogen (secondary N) is 1. The highest BCUT2D eigenvalue weighted by Crippen LogP contribution is 2.36. The molecule has 1 N–H and O–H groups in total. The molecule has 1 aromatic rings. The predicted molar refractivity (Wildman–Crippen MR) is 88.8 cm³/mol.